The van der Waals surface area contributed by atoms with Crippen LogP contribution in [-0.4, -0.2) is 23.6 Å². The third-order valence-corrected chi connectivity index (χ3v) is 3.83. The first kappa shape index (κ1) is 10.6. The van der Waals surface area contributed by atoms with Gasteiger partial charge in [0.1, 0.15) is 5.84 Å². The van der Waals surface area contributed by atoms with Gasteiger partial charge in [0.2, 0.25) is 0 Å². The lowest BCUT2D eigenvalue weighted by molar-refractivity contribution is 0.293. The Morgan fingerprint density at radius 1 is 1.29 bits per heavy atom. The summed E-state index contributed by atoms with van der Waals surface area (Å²) in [6, 6.07) is 7.78. The van der Waals surface area contributed by atoms with Crippen LogP contribution in [0.1, 0.15) is 19.8 Å². The third-order valence-electron chi connectivity index (χ3n) is 3.83. The monoisotopic (exact) mass is 231 g/mol. The number of hydrogen-bond donors (Lipinski definition) is 2. The lowest BCUT2D eigenvalue weighted by Gasteiger charge is -2.46. The van der Waals surface area contributed by atoms with Gasteiger partial charge >= 0.3 is 0 Å². The normalized spacial score (nSPS) is 27.8. The molecule has 2 aliphatic rings. The second kappa shape index (κ2) is 3.74. The SMILES string of the molecule is C[C@H]1CCN2c3ccccc3N(O)C(=N)[C@H]2C1. The molecule has 0 unspecified atom stereocenters. The molecule has 1 saturated heterocycles. The summed E-state index contributed by atoms with van der Waals surface area (Å²) in [5.74, 6) is 0.922. The quantitative estimate of drug-likeness (QED) is 0.721. The molecule has 4 heteroatoms. The number of rotatable bonds is 0. The minimum absolute atomic E-state index is 0.0265. The highest BCUT2D eigenvalue weighted by molar-refractivity contribution is 6.05. The fraction of sp³-hybridized carbons (Fsp3) is 0.462. The Bertz CT molecular complexity index is 460. The van der Waals surface area contributed by atoms with Crippen LogP contribution in [0.25, 0.3) is 0 Å². The first-order valence-corrected chi connectivity index (χ1v) is 6.11. The van der Waals surface area contributed by atoms with Gasteiger partial charge in [-0.25, -0.2) is 5.06 Å². The second-order valence-corrected chi connectivity index (χ2v) is 5.02. The van der Waals surface area contributed by atoms with Crippen LogP contribution in [0.4, 0.5) is 11.4 Å². The topological polar surface area (TPSA) is 50.6 Å². The Balaban J connectivity index is 2.07. The molecule has 0 spiro atoms. The van der Waals surface area contributed by atoms with Crippen molar-refractivity contribution in [3.8, 4) is 0 Å². The summed E-state index contributed by atoms with van der Waals surface area (Å²) in [6.45, 7) is 3.19. The highest BCUT2D eigenvalue weighted by Crippen LogP contribution is 2.39. The number of para-hydroxylation sites is 2. The Morgan fingerprint density at radius 3 is 2.76 bits per heavy atom. The van der Waals surface area contributed by atoms with Gasteiger partial charge in [-0.3, -0.25) is 10.6 Å². The fourth-order valence-electron chi connectivity index (χ4n) is 2.85. The lowest BCUT2D eigenvalue weighted by atomic mass is 9.89. The summed E-state index contributed by atoms with van der Waals surface area (Å²) in [4.78, 5) is 2.25. The number of amidine groups is 1. The molecule has 0 amide bonds. The van der Waals surface area contributed by atoms with E-state index in [-0.39, 0.29) is 6.04 Å². The average molecular weight is 231 g/mol. The van der Waals surface area contributed by atoms with E-state index < -0.39 is 0 Å². The highest BCUT2D eigenvalue weighted by Gasteiger charge is 2.38. The summed E-state index contributed by atoms with van der Waals surface area (Å²) in [7, 11) is 0. The predicted octanol–water partition coefficient (Wildman–Crippen LogP) is 2.48. The molecule has 0 radical (unpaired) electrons. The van der Waals surface area contributed by atoms with E-state index in [4.69, 9.17) is 5.41 Å². The van der Waals surface area contributed by atoms with Gasteiger partial charge in [0, 0.05) is 6.54 Å². The van der Waals surface area contributed by atoms with E-state index >= 15 is 0 Å². The van der Waals surface area contributed by atoms with Crippen LogP contribution in [0, 0.1) is 11.3 Å². The maximum atomic E-state index is 10.0. The fourth-order valence-corrected chi connectivity index (χ4v) is 2.85. The molecule has 0 aliphatic carbocycles. The summed E-state index contributed by atoms with van der Waals surface area (Å²) >= 11 is 0. The van der Waals surface area contributed by atoms with Gasteiger partial charge in [0.25, 0.3) is 0 Å². The maximum Gasteiger partial charge on any atom is 0.149 e. The summed E-state index contributed by atoms with van der Waals surface area (Å²) in [6.07, 6.45) is 2.10. The average Bonchev–Trinajstić information content (AvgIpc) is 2.36. The number of piperidine rings is 1. The number of fused-ring (bicyclic) bond motifs is 3. The van der Waals surface area contributed by atoms with Crippen molar-refractivity contribution in [1.82, 2.24) is 0 Å². The molecule has 4 nitrogen and oxygen atoms in total. The molecule has 17 heavy (non-hydrogen) atoms. The molecule has 2 heterocycles. The molecule has 3 rings (SSSR count). The molecule has 2 N–H and O–H groups in total. The zero-order valence-electron chi connectivity index (χ0n) is 9.93. The number of nitrogens with zero attached hydrogens (tertiary/aromatic N) is 2. The molecule has 1 fully saturated rings. The van der Waals surface area contributed by atoms with Crippen LogP contribution in [0.15, 0.2) is 24.3 Å². The largest absolute Gasteiger partial charge is 0.359 e. The van der Waals surface area contributed by atoms with Crippen molar-refractivity contribution in [2.75, 3.05) is 16.5 Å². The zero-order chi connectivity index (χ0) is 12.0. The van der Waals surface area contributed by atoms with E-state index in [0.29, 0.717) is 11.8 Å². The molecule has 1 aromatic rings. The Morgan fingerprint density at radius 2 is 2.00 bits per heavy atom. The predicted molar refractivity (Wildman–Crippen MR) is 68.0 cm³/mol. The lowest BCUT2D eigenvalue weighted by Crippen LogP contribution is -2.55. The first-order chi connectivity index (χ1) is 8.18. The van der Waals surface area contributed by atoms with E-state index in [9.17, 15) is 5.21 Å². The highest BCUT2D eigenvalue weighted by atomic mass is 16.5. The van der Waals surface area contributed by atoms with E-state index in [1.165, 1.54) is 0 Å². The van der Waals surface area contributed by atoms with Crippen LogP contribution in [0.5, 0.6) is 0 Å². The third kappa shape index (κ3) is 1.52. The van der Waals surface area contributed by atoms with Crippen LogP contribution in [-0.2, 0) is 0 Å². The summed E-state index contributed by atoms with van der Waals surface area (Å²) in [5.41, 5.74) is 1.77. The van der Waals surface area contributed by atoms with Gasteiger partial charge in [0.05, 0.1) is 17.4 Å². The van der Waals surface area contributed by atoms with Crippen molar-refractivity contribution < 1.29 is 5.21 Å². The molecular formula is C13H17N3O. The van der Waals surface area contributed by atoms with Gasteiger partial charge in [-0.2, -0.15) is 0 Å². The minimum atomic E-state index is 0.0265. The molecular weight excluding hydrogens is 214 g/mol. The van der Waals surface area contributed by atoms with Crippen LogP contribution in [0.3, 0.4) is 0 Å². The molecule has 2 atom stereocenters. The van der Waals surface area contributed by atoms with E-state index in [1.807, 2.05) is 24.3 Å². The number of nitrogens with one attached hydrogen (secondary N) is 1. The van der Waals surface area contributed by atoms with Crippen LogP contribution < -0.4 is 9.96 Å². The van der Waals surface area contributed by atoms with Gasteiger partial charge in [-0.05, 0) is 30.9 Å². The van der Waals surface area contributed by atoms with Crippen molar-refractivity contribution >= 4 is 17.2 Å². The number of hydroxylamine groups is 1. The van der Waals surface area contributed by atoms with Crippen LogP contribution in [0.2, 0.25) is 0 Å². The molecule has 1 aromatic carbocycles. The molecule has 0 saturated carbocycles. The van der Waals surface area contributed by atoms with E-state index in [1.54, 1.807) is 0 Å². The minimum Gasteiger partial charge on any atom is -0.359 e. The number of hydrogen-bond acceptors (Lipinski definition) is 3. The van der Waals surface area contributed by atoms with Crippen molar-refractivity contribution in [2.45, 2.75) is 25.8 Å². The van der Waals surface area contributed by atoms with Crippen molar-refractivity contribution in [3.63, 3.8) is 0 Å². The summed E-state index contributed by atoms with van der Waals surface area (Å²) in [5, 5.41) is 19.1. The standard InChI is InChI=1S/C13H17N3O/c1-9-6-7-15-10-4-2-3-5-11(10)16(17)13(14)12(15)8-9/h2-5,9,12,14,17H,6-8H2,1H3/t9-,12+/m0/s1. The van der Waals surface area contributed by atoms with Gasteiger partial charge in [-0.1, -0.05) is 19.1 Å². The van der Waals surface area contributed by atoms with Crippen molar-refractivity contribution in [3.05, 3.63) is 24.3 Å². The molecule has 0 bridgehead atoms. The molecule has 2 aliphatic heterocycles. The van der Waals surface area contributed by atoms with E-state index in [0.717, 1.165) is 35.8 Å². The van der Waals surface area contributed by atoms with Crippen molar-refractivity contribution in [1.29, 1.82) is 5.41 Å². The van der Waals surface area contributed by atoms with Gasteiger partial charge < -0.3 is 4.90 Å². The maximum absolute atomic E-state index is 10.0. The van der Waals surface area contributed by atoms with E-state index in [2.05, 4.69) is 11.8 Å². The Labute approximate surface area is 101 Å². The number of anilines is 2. The zero-order valence-corrected chi connectivity index (χ0v) is 9.93. The summed E-state index contributed by atoms with van der Waals surface area (Å²) < 4.78 is 0. The second-order valence-electron chi connectivity index (χ2n) is 5.02. The Kier molecular flexibility index (Phi) is 2.33. The smallest absolute Gasteiger partial charge is 0.149 e. The van der Waals surface area contributed by atoms with Gasteiger partial charge in [0.15, 0.2) is 0 Å². The van der Waals surface area contributed by atoms with Gasteiger partial charge in [-0.15, -0.1) is 0 Å². The molecule has 90 valence electrons. The van der Waals surface area contributed by atoms with Crippen molar-refractivity contribution in [2.24, 2.45) is 5.92 Å². The molecule has 0 aromatic heterocycles. The first-order valence-electron chi connectivity index (χ1n) is 6.11. The van der Waals surface area contributed by atoms with Crippen LogP contribution >= 0.6 is 0 Å². The Hall–Kier alpha value is -1.55. The number of benzene rings is 1.